The third-order valence-electron chi connectivity index (χ3n) is 4.94. The number of hydrogen-bond acceptors (Lipinski definition) is 5. The van der Waals surface area contributed by atoms with E-state index >= 15 is 0 Å². The van der Waals surface area contributed by atoms with E-state index in [1.165, 1.54) is 12.1 Å². The summed E-state index contributed by atoms with van der Waals surface area (Å²) >= 11 is 6.06. The maximum absolute atomic E-state index is 12.3. The van der Waals surface area contributed by atoms with Gasteiger partial charge in [0.15, 0.2) is 0 Å². The molecule has 8 heteroatoms. The van der Waals surface area contributed by atoms with E-state index in [9.17, 15) is 19.8 Å². The summed E-state index contributed by atoms with van der Waals surface area (Å²) < 4.78 is 0. The number of phenolic OH excluding ortho intramolecular Hbond substituents is 1. The molecule has 0 bridgehead atoms. The Morgan fingerprint density at radius 3 is 2.45 bits per heavy atom. The molecule has 3 rings (SSSR count). The number of aliphatic carboxylic acids is 1. The molecule has 1 fully saturated rings. The number of benzene rings is 2. The maximum Gasteiger partial charge on any atom is 0.308 e. The highest BCUT2D eigenvalue weighted by atomic mass is 35.5. The predicted octanol–water partition coefficient (Wildman–Crippen LogP) is 2.90. The normalized spacial score (nSPS) is 15.7. The second-order valence-electron chi connectivity index (χ2n) is 7.11. The predicted molar refractivity (Wildman–Crippen MR) is 113 cm³/mol. The summed E-state index contributed by atoms with van der Waals surface area (Å²) in [5.41, 5.74) is 1.49. The second kappa shape index (κ2) is 9.62. The standard InChI is InChI=1S/C21H24ClN3O4/c22-16-3-1-5-18(12-16)25-9-7-24(8-10-25)14-15(21(28)29)11-20(27)23-17-4-2-6-19(26)13-17/h1-6,12-13,15,26H,7-11,14H2,(H,23,27)(H,28,29)/t15-/m1/s1. The zero-order chi connectivity index (χ0) is 20.8. The Hall–Kier alpha value is -2.77. The Balaban J connectivity index is 1.52. The number of anilines is 2. The average molecular weight is 418 g/mol. The number of carbonyl (C=O) groups is 2. The van der Waals surface area contributed by atoms with Crippen molar-refractivity contribution < 1.29 is 19.8 Å². The van der Waals surface area contributed by atoms with E-state index in [1.807, 2.05) is 24.3 Å². The number of aromatic hydroxyl groups is 1. The lowest BCUT2D eigenvalue weighted by atomic mass is 10.0. The first-order chi connectivity index (χ1) is 13.9. The molecule has 0 aliphatic carbocycles. The van der Waals surface area contributed by atoms with Crippen molar-refractivity contribution in [3.8, 4) is 5.75 Å². The summed E-state index contributed by atoms with van der Waals surface area (Å²) in [6.45, 7) is 3.27. The van der Waals surface area contributed by atoms with E-state index < -0.39 is 11.9 Å². The molecule has 3 N–H and O–H groups in total. The Bertz CT molecular complexity index is 869. The minimum atomic E-state index is -0.992. The number of carboxylic acids is 1. The van der Waals surface area contributed by atoms with Gasteiger partial charge in [-0.1, -0.05) is 23.7 Å². The molecule has 1 aliphatic rings. The summed E-state index contributed by atoms with van der Waals surface area (Å²) in [5, 5.41) is 22.3. The number of piperazine rings is 1. The molecule has 0 aromatic heterocycles. The topological polar surface area (TPSA) is 93.1 Å². The van der Waals surface area contributed by atoms with Crippen molar-refractivity contribution in [2.45, 2.75) is 6.42 Å². The van der Waals surface area contributed by atoms with Gasteiger partial charge in [0.2, 0.25) is 5.91 Å². The number of rotatable bonds is 7. The van der Waals surface area contributed by atoms with Gasteiger partial charge in [-0.05, 0) is 30.3 Å². The van der Waals surface area contributed by atoms with Gasteiger partial charge < -0.3 is 20.4 Å². The van der Waals surface area contributed by atoms with Crippen LogP contribution in [0.1, 0.15) is 6.42 Å². The van der Waals surface area contributed by atoms with Crippen LogP contribution in [0, 0.1) is 5.92 Å². The number of phenols is 1. The van der Waals surface area contributed by atoms with Crippen LogP contribution in [-0.2, 0) is 9.59 Å². The van der Waals surface area contributed by atoms with Gasteiger partial charge in [-0.25, -0.2) is 0 Å². The lowest BCUT2D eigenvalue weighted by molar-refractivity contribution is -0.144. The minimum absolute atomic E-state index is 0.0372. The number of carbonyl (C=O) groups excluding carboxylic acids is 1. The third-order valence-corrected chi connectivity index (χ3v) is 5.17. The Kier molecular flexibility index (Phi) is 6.95. The van der Waals surface area contributed by atoms with Crippen LogP contribution in [0.15, 0.2) is 48.5 Å². The van der Waals surface area contributed by atoms with Gasteiger partial charge in [0.05, 0.1) is 5.92 Å². The van der Waals surface area contributed by atoms with Gasteiger partial charge in [-0.15, -0.1) is 0 Å². The van der Waals surface area contributed by atoms with Crippen molar-refractivity contribution >= 4 is 34.9 Å². The largest absolute Gasteiger partial charge is 0.508 e. The van der Waals surface area contributed by atoms with Crippen LogP contribution in [0.25, 0.3) is 0 Å². The molecule has 1 atom stereocenters. The van der Waals surface area contributed by atoms with E-state index in [2.05, 4.69) is 15.1 Å². The van der Waals surface area contributed by atoms with E-state index in [0.29, 0.717) is 30.3 Å². The molecular weight excluding hydrogens is 394 g/mol. The monoisotopic (exact) mass is 417 g/mol. The molecule has 2 aromatic rings. The highest BCUT2D eigenvalue weighted by Crippen LogP contribution is 2.21. The lowest BCUT2D eigenvalue weighted by Crippen LogP contribution is -2.48. The first-order valence-corrected chi connectivity index (χ1v) is 9.83. The molecule has 0 unspecified atom stereocenters. The van der Waals surface area contributed by atoms with Crippen LogP contribution in [-0.4, -0.2) is 59.7 Å². The summed E-state index contributed by atoms with van der Waals surface area (Å²) in [6, 6.07) is 13.8. The van der Waals surface area contributed by atoms with Gasteiger partial charge >= 0.3 is 5.97 Å². The van der Waals surface area contributed by atoms with Crippen molar-refractivity contribution in [2.24, 2.45) is 5.92 Å². The summed E-state index contributed by atoms with van der Waals surface area (Å²) in [6.07, 6.45) is -0.125. The van der Waals surface area contributed by atoms with Gasteiger partial charge in [-0.2, -0.15) is 0 Å². The SMILES string of the molecule is O=C(C[C@H](CN1CCN(c2cccc(Cl)c2)CC1)C(=O)O)Nc1cccc(O)c1. The van der Waals surface area contributed by atoms with Gasteiger partial charge in [-0.3, -0.25) is 14.5 Å². The maximum atomic E-state index is 12.3. The van der Waals surface area contributed by atoms with Gasteiger partial charge in [0.25, 0.3) is 0 Å². The number of nitrogens with one attached hydrogen (secondary N) is 1. The van der Waals surface area contributed by atoms with Crippen molar-refractivity contribution in [3.63, 3.8) is 0 Å². The number of amides is 1. The Morgan fingerprint density at radius 1 is 1.07 bits per heavy atom. The zero-order valence-electron chi connectivity index (χ0n) is 15.9. The average Bonchev–Trinajstić information content (AvgIpc) is 2.68. The fourth-order valence-electron chi connectivity index (χ4n) is 3.42. The molecule has 0 spiro atoms. The molecule has 0 radical (unpaired) electrons. The number of nitrogens with zero attached hydrogens (tertiary/aromatic N) is 2. The highest BCUT2D eigenvalue weighted by molar-refractivity contribution is 6.30. The molecule has 154 valence electrons. The molecule has 29 heavy (non-hydrogen) atoms. The Labute approximate surface area is 174 Å². The van der Waals surface area contributed by atoms with Crippen LogP contribution in [0.5, 0.6) is 5.75 Å². The van der Waals surface area contributed by atoms with Crippen LogP contribution < -0.4 is 10.2 Å². The molecule has 0 saturated carbocycles. The van der Waals surface area contributed by atoms with E-state index in [1.54, 1.807) is 12.1 Å². The van der Waals surface area contributed by atoms with Crippen LogP contribution in [0.4, 0.5) is 11.4 Å². The second-order valence-corrected chi connectivity index (χ2v) is 7.54. The Morgan fingerprint density at radius 2 is 1.79 bits per heavy atom. The van der Waals surface area contributed by atoms with Gasteiger partial charge in [0.1, 0.15) is 5.75 Å². The quantitative estimate of drug-likeness (QED) is 0.641. The van der Waals surface area contributed by atoms with Crippen molar-refractivity contribution in [2.75, 3.05) is 42.9 Å². The molecule has 7 nitrogen and oxygen atoms in total. The molecular formula is C21H24ClN3O4. The van der Waals surface area contributed by atoms with Crippen molar-refractivity contribution in [3.05, 3.63) is 53.6 Å². The molecule has 1 saturated heterocycles. The van der Waals surface area contributed by atoms with E-state index in [4.69, 9.17) is 11.6 Å². The van der Waals surface area contributed by atoms with E-state index in [0.717, 1.165) is 18.8 Å². The van der Waals surface area contributed by atoms with Gasteiger partial charge in [0, 0.05) is 61.6 Å². The highest BCUT2D eigenvalue weighted by Gasteiger charge is 2.26. The summed E-state index contributed by atoms with van der Waals surface area (Å²) in [5.74, 6) is -2.14. The smallest absolute Gasteiger partial charge is 0.308 e. The fourth-order valence-corrected chi connectivity index (χ4v) is 3.61. The number of hydrogen-bond donors (Lipinski definition) is 3. The molecule has 1 heterocycles. The minimum Gasteiger partial charge on any atom is -0.508 e. The van der Waals surface area contributed by atoms with Crippen LogP contribution >= 0.6 is 11.6 Å². The van der Waals surface area contributed by atoms with Crippen LogP contribution in [0.2, 0.25) is 5.02 Å². The number of carboxylic acid groups (broad SMARTS) is 1. The van der Waals surface area contributed by atoms with Crippen molar-refractivity contribution in [1.29, 1.82) is 0 Å². The lowest BCUT2D eigenvalue weighted by Gasteiger charge is -2.37. The summed E-state index contributed by atoms with van der Waals surface area (Å²) in [4.78, 5) is 28.2. The zero-order valence-corrected chi connectivity index (χ0v) is 16.7. The fraction of sp³-hybridized carbons (Fsp3) is 0.333. The molecule has 1 aliphatic heterocycles. The number of halogens is 1. The summed E-state index contributed by atoms with van der Waals surface area (Å²) in [7, 11) is 0. The third kappa shape index (κ3) is 6.10. The van der Waals surface area contributed by atoms with Crippen LogP contribution in [0.3, 0.4) is 0 Å². The van der Waals surface area contributed by atoms with Crippen molar-refractivity contribution in [1.82, 2.24) is 4.90 Å². The molecule has 2 aromatic carbocycles. The van der Waals surface area contributed by atoms with E-state index in [-0.39, 0.29) is 18.1 Å². The first kappa shape index (κ1) is 21.0. The molecule has 1 amide bonds. The first-order valence-electron chi connectivity index (χ1n) is 9.45.